The van der Waals surface area contributed by atoms with E-state index in [-0.39, 0.29) is 29.8 Å². The van der Waals surface area contributed by atoms with Crippen LogP contribution in [-0.4, -0.2) is 94.2 Å². The van der Waals surface area contributed by atoms with Crippen molar-refractivity contribution in [2.45, 2.75) is 13.0 Å². The summed E-state index contributed by atoms with van der Waals surface area (Å²) in [7, 11) is 1.51. The van der Waals surface area contributed by atoms with E-state index in [1.165, 1.54) is 36.5 Å². The topological polar surface area (TPSA) is 158 Å². The van der Waals surface area contributed by atoms with Crippen LogP contribution in [0.15, 0.2) is 60.9 Å². The molecule has 4 amide bonds. The molecule has 14 nitrogen and oxygen atoms in total. The summed E-state index contributed by atoms with van der Waals surface area (Å²) in [6, 6.07) is 10.8. The Morgan fingerprint density at radius 1 is 1.04 bits per heavy atom. The maximum absolute atomic E-state index is 13.6. The lowest BCUT2D eigenvalue weighted by Crippen LogP contribution is -2.50. The molecule has 0 bridgehead atoms. The van der Waals surface area contributed by atoms with Crippen LogP contribution in [0.4, 0.5) is 32.2 Å². The zero-order valence-corrected chi connectivity index (χ0v) is 26.7. The molecule has 2 aromatic heterocycles. The number of piperazine rings is 1. The molecule has 2 aromatic carbocycles. The molecule has 2 aliphatic heterocycles. The van der Waals surface area contributed by atoms with Crippen LogP contribution in [-0.2, 0) is 16.1 Å². The molecule has 0 spiro atoms. The Morgan fingerprint density at radius 2 is 1.85 bits per heavy atom. The number of hydrogen-bond acceptors (Lipinski definition) is 11. The Balaban J connectivity index is 1.00. The van der Waals surface area contributed by atoms with Crippen LogP contribution >= 0.6 is 11.6 Å². The van der Waals surface area contributed by atoms with Crippen LogP contribution in [0.25, 0.3) is 10.9 Å². The number of anilines is 4. The first-order valence-electron chi connectivity index (χ1n) is 15.2. The number of carbonyl (C=O) groups excluding carboxylic acids is 3. The van der Waals surface area contributed by atoms with Crippen molar-refractivity contribution >= 4 is 63.4 Å². The van der Waals surface area contributed by atoms with Gasteiger partial charge in [-0.2, -0.15) is 5.10 Å². The quantitative estimate of drug-likeness (QED) is 0.211. The molecule has 0 saturated carbocycles. The zero-order chi connectivity index (χ0) is 33.6. The van der Waals surface area contributed by atoms with E-state index in [2.05, 4.69) is 45.9 Å². The van der Waals surface area contributed by atoms with Crippen molar-refractivity contribution in [3.63, 3.8) is 0 Å². The van der Waals surface area contributed by atoms with Gasteiger partial charge < -0.3 is 15.4 Å². The van der Waals surface area contributed by atoms with Crippen molar-refractivity contribution in [2.24, 2.45) is 0 Å². The highest BCUT2D eigenvalue weighted by Gasteiger charge is 2.25. The second kappa shape index (κ2) is 14.7. The van der Waals surface area contributed by atoms with Crippen molar-refractivity contribution in [2.75, 3.05) is 61.9 Å². The Kier molecular flexibility index (Phi) is 9.99. The van der Waals surface area contributed by atoms with Gasteiger partial charge in [-0.25, -0.2) is 19.2 Å². The maximum Gasteiger partial charge on any atom is 0.329 e. The van der Waals surface area contributed by atoms with Crippen molar-refractivity contribution in [1.82, 2.24) is 35.3 Å². The van der Waals surface area contributed by atoms with E-state index in [4.69, 9.17) is 16.3 Å². The van der Waals surface area contributed by atoms with Gasteiger partial charge in [0.15, 0.2) is 5.82 Å². The Labute approximate surface area is 279 Å². The SMILES string of the molecule is COc1cc2ncnc(Nc3ccc(F)c(Cl)c3)c2cc1NC(=O)/C=C/CN1CCN(Cc2ccc(N3CCC(=O)NC3=O)nn2)CC1. The normalized spacial score (nSPS) is 15.9. The molecule has 3 N–H and O–H groups in total. The molecule has 0 aliphatic carbocycles. The minimum absolute atomic E-state index is 0.0224. The number of nitrogens with one attached hydrogen (secondary N) is 3. The maximum atomic E-state index is 13.6. The molecule has 0 unspecified atom stereocenters. The summed E-state index contributed by atoms with van der Waals surface area (Å²) in [5.74, 6) is 0.149. The first-order valence-corrected chi connectivity index (χ1v) is 15.5. The average Bonchev–Trinajstić information content (AvgIpc) is 3.08. The fourth-order valence-corrected chi connectivity index (χ4v) is 5.55. The molecule has 2 aliphatic rings. The first kappa shape index (κ1) is 32.7. The van der Waals surface area contributed by atoms with Gasteiger partial charge in [-0.1, -0.05) is 17.7 Å². The highest BCUT2D eigenvalue weighted by Crippen LogP contribution is 2.33. The van der Waals surface area contributed by atoms with E-state index in [9.17, 15) is 18.8 Å². The lowest BCUT2D eigenvalue weighted by molar-refractivity contribution is -0.120. The molecule has 248 valence electrons. The highest BCUT2D eigenvalue weighted by atomic mass is 35.5. The molecule has 6 rings (SSSR count). The first-order chi connectivity index (χ1) is 23.2. The number of ether oxygens (including phenoxy) is 1. The number of fused-ring (bicyclic) bond motifs is 1. The van der Waals surface area contributed by atoms with Crippen LogP contribution in [0.2, 0.25) is 5.02 Å². The number of aromatic nitrogens is 4. The van der Waals surface area contributed by atoms with Gasteiger partial charge in [0.2, 0.25) is 11.8 Å². The molecule has 48 heavy (non-hydrogen) atoms. The van der Waals surface area contributed by atoms with Crippen molar-refractivity contribution in [3.8, 4) is 5.75 Å². The summed E-state index contributed by atoms with van der Waals surface area (Å²) in [6.45, 7) is 4.76. The number of benzene rings is 2. The minimum atomic E-state index is -0.526. The van der Waals surface area contributed by atoms with Gasteiger partial charge >= 0.3 is 6.03 Å². The van der Waals surface area contributed by atoms with Crippen molar-refractivity contribution in [3.05, 3.63) is 77.5 Å². The van der Waals surface area contributed by atoms with E-state index >= 15 is 0 Å². The second-order valence-corrected chi connectivity index (χ2v) is 11.6. The number of imide groups is 1. The van der Waals surface area contributed by atoms with Crippen LogP contribution in [0.1, 0.15) is 12.1 Å². The molecule has 16 heteroatoms. The Morgan fingerprint density at radius 3 is 2.58 bits per heavy atom. The second-order valence-electron chi connectivity index (χ2n) is 11.2. The third-order valence-electron chi connectivity index (χ3n) is 7.92. The smallest absolute Gasteiger partial charge is 0.329 e. The van der Waals surface area contributed by atoms with E-state index in [1.807, 2.05) is 12.1 Å². The summed E-state index contributed by atoms with van der Waals surface area (Å²) in [5, 5.41) is 17.3. The zero-order valence-electron chi connectivity index (χ0n) is 25.9. The number of nitrogens with zero attached hydrogens (tertiary/aromatic N) is 7. The van der Waals surface area contributed by atoms with Crippen molar-refractivity contribution < 1.29 is 23.5 Å². The molecule has 0 radical (unpaired) electrons. The Hall–Kier alpha value is -5.25. The largest absolute Gasteiger partial charge is 0.494 e. The fourth-order valence-electron chi connectivity index (χ4n) is 5.37. The molecule has 2 fully saturated rings. The number of carbonyl (C=O) groups is 3. The summed E-state index contributed by atoms with van der Waals surface area (Å²) in [4.78, 5) is 50.9. The highest BCUT2D eigenvalue weighted by molar-refractivity contribution is 6.31. The van der Waals surface area contributed by atoms with Gasteiger partial charge in [0.25, 0.3) is 0 Å². The third kappa shape index (κ3) is 7.82. The van der Waals surface area contributed by atoms with Crippen molar-refractivity contribution in [1.29, 1.82) is 0 Å². The van der Waals surface area contributed by atoms with E-state index in [1.54, 1.807) is 24.3 Å². The third-order valence-corrected chi connectivity index (χ3v) is 8.21. The molecule has 2 saturated heterocycles. The summed E-state index contributed by atoms with van der Waals surface area (Å²) < 4.78 is 19.1. The van der Waals surface area contributed by atoms with Gasteiger partial charge in [0, 0.05) is 75.5 Å². The number of hydrogen-bond donors (Lipinski definition) is 3. The molecule has 4 aromatic rings. The number of methoxy groups -OCH3 is 1. The van der Waals surface area contributed by atoms with E-state index in [0.717, 1.165) is 31.9 Å². The van der Waals surface area contributed by atoms with Crippen LogP contribution < -0.4 is 25.6 Å². The summed E-state index contributed by atoms with van der Waals surface area (Å²) >= 11 is 5.93. The predicted molar refractivity (Wildman–Crippen MR) is 178 cm³/mol. The monoisotopic (exact) mass is 674 g/mol. The number of rotatable bonds is 10. The summed E-state index contributed by atoms with van der Waals surface area (Å²) in [5.41, 5.74) is 2.35. The molecular weight excluding hydrogens is 643 g/mol. The number of halogens is 2. The van der Waals surface area contributed by atoms with Gasteiger partial charge in [-0.3, -0.25) is 29.6 Å². The lowest BCUT2D eigenvalue weighted by Gasteiger charge is -2.33. The average molecular weight is 675 g/mol. The number of urea groups is 1. The van der Waals surface area contributed by atoms with E-state index in [0.29, 0.717) is 52.8 Å². The number of amides is 4. The molecule has 0 atom stereocenters. The van der Waals surface area contributed by atoms with Gasteiger partial charge in [0.05, 0.1) is 29.0 Å². The predicted octanol–water partition coefficient (Wildman–Crippen LogP) is 3.72. The molecule has 4 heterocycles. The Bertz CT molecular complexity index is 1870. The minimum Gasteiger partial charge on any atom is -0.494 e. The van der Waals surface area contributed by atoms with E-state index < -0.39 is 11.8 Å². The van der Waals surface area contributed by atoms with Crippen LogP contribution in [0.5, 0.6) is 5.75 Å². The lowest BCUT2D eigenvalue weighted by atomic mass is 10.1. The van der Waals surface area contributed by atoms with Gasteiger partial charge in [0.1, 0.15) is 23.7 Å². The standard InChI is InChI=1S/C32H32ClFN10O4/c1-48-27-17-25-22(31(36-19-35-25)37-20-4-6-24(34)23(33)15-20)16-26(27)38-29(45)3-2-9-42-11-13-43(14-12-42)18-21-5-7-28(41-40-21)44-10-8-30(46)39-32(44)47/h2-7,15-17,19H,8-14,18H2,1H3,(H,38,45)(H,35,36,37)(H,39,46,47)/b3-2+. The van der Waals surface area contributed by atoms with Crippen LogP contribution in [0, 0.1) is 5.82 Å². The summed E-state index contributed by atoms with van der Waals surface area (Å²) in [6.07, 6.45) is 4.93. The molecular formula is C32H32ClFN10O4. The van der Waals surface area contributed by atoms with Gasteiger partial charge in [-0.05, 0) is 36.4 Å². The van der Waals surface area contributed by atoms with Gasteiger partial charge in [-0.15, -0.1) is 5.10 Å². The fraction of sp³-hybridized carbons (Fsp3) is 0.281. The van der Waals surface area contributed by atoms with Crippen LogP contribution in [0.3, 0.4) is 0 Å².